The number of benzene rings is 6. The number of aromatic nitrogens is 1. The van der Waals surface area contributed by atoms with E-state index in [0.717, 1.165) is 39.7 Å². The number of para-hydroxylation sites is 1. The number of pyridine rings is 1. The largest absolute Gasteiger partial charge is 2.00 e. The minimum atomic E-state index is -0.569. The molecule has 10 rings (SSSR count). The van der Waals surface area contributed by atoms with Gasteiger partial charge in [0.15, 0.2) is 0 Å². The predicted octanol–water partition coefficient (Wildman–Crippen LogP) is 16.2. The summed E-state index contributed by atoms with van der Waals surface area (Å²) in [4.78, 5) is 15.8. The summed E-state index contributed by atoms with van der Waals surface area (Å²) in [6.07, 6.45) is 1.93. The number of fused-ring (bicyclic) bond motifs is 8. The van der Waals surface area contributed by atoms with Crippen LogP contribution in [0.25, 0.3) is 11.1 Å². The average molecular weight is 1090 g/mol. The van der Waals surface area contributed by atoms with Crippen LogP contribution in [-0.2, 0) is 37.4 Å². The molecule has 1 aliphatic carbocycles. The first-order valence-corrected chi connectivity index (χ1v) is 24.4. The van der Waals surface area contributed by atoms with Crippen molar-refractivity contribution in [1.29, 1.82) is 0 Å². The molecule has 69 heavy (non-hydrogen) atoms. The smallest absolute Gasteiger partial charge is 0.503 e. The van der Waals surface area contributed by atoms with Gasteiger partial charge >= 0.3 is 21.1 Å². The number of nitrogens with zero attached hydrogens (tertiary/aromatic N) is 4. The summed E-state index contributed by atoms with van der Waals surface area (Å²) in [5.41, 5.74) is 26.2. The quantitative estimate of drug-likeness (QED) is 0.161. The SMILES string of the molecule is Cc1cc(Oc2[c-]c3c(cc2)C(C)(C)c2ccccc2N3c2cc(C(C)(C)C)ccn2)[c-]c(C2=N[C@@H]3c4cc(C)c(C)c(C)c4-c4c(cc(C)c(C)c4C)[C@]3(C)N2c2c(C)c(C)cc(C)c2C)c1.[Pt+2]. The summed E-state index contributed by atoms with van der Waals surface area (Å²) < 4.78 is 6.98. The molecule has 2 aliphatic heterocycles. The number of aryl methyl sites for hydroxylation is 5. The van der Waals surface area contributed by atoms with Crippen LogP contribution in [0.5, 0.6) is 11.5 Å². The molecule has 0 unspecified atom stereocenters. The molecule has 0 amide bonds. The fourth-order valence-corrected chi connectivity index (χ4v) is 11.7. The zero-order valence-corrected chi connectivity index (χ0v) is 45.9. The van der Waals surface area contributed by atoms with Crippen LogP contribution in [-0.4, -0.2) is 10.8 Å². The molecule has 0 radical (unpaired) electrons. The molecule has 0 spiro atoms. The average Bonchev–Trinajstić information content (AvgIpc) is 3.60. The summed E-state index contributed by atoms with van der Waals surface area (Å²) in [6, 6.07) is 36.3. The fraction of sp³-hybridized carbons (Fsp3) is 0.333. The Morgan fingerprint density at radius 2 is 1.25 bits per heavy atom. The summed E-state index contributed by atoms with van der Waals surface area (Å²) in [6.45, 7) is 38.7. The van der Waals surface area contributed by atoms with Gasteiger partial charge in [0, 0.05) is 29.1 Å². The number of anilines is 4. The minimum absolute atomic E-state index is 0. The maximum absolute atomic E-state index is 6.98. The van der Waals surface area contributed by atoms with E-state index in [2.05, 4.69) is 218 Å². The number of aliphatic imine (C=N–C) groups is 1. The molecule has 0 bridgehead atoms. The molecule has 6 aromatic carbocycles. The van der Waals surface area contributed by atoms with Gasteiger partial charge in [0.05, 0.1) is 17.4 Å². The first-order valence-electron chi connectivity index (χ1n) is 24.4. The second-order valence-corrected chi connectivity index (χ2v) is 22.0. The van der Waals surface area contributed by atoms with E-state index < -0.39 is 5.54 Å². The molecule has 1 aromatic heterocycles. The van der Waals surface area contributed by atoms with Gasteiger partial charge < -0.3 is 19.5 Å². The Kier molecular flexibility index (Phi) is 11.7. The van der Waals surface area contributed by atoms with E-state index in [9.17, 15) is 0 Å². The first-order chi connectivity index (χ1) is 32.0. The van der Waals surface area contributed by atoms with Gasteiger partial charge in [-0.2, -0.15) is 6.07 Å². The van der Waals surface area contributed by atoms with Crippen molar-refractivity contribution in [3.63, 3.8) is 0 Å². The summed E-state index contributed by atoms with van der Waals surface area (Å²) >= 11 is 0. The van der Waals surface area contributed by atoms with Crippen molar-refractivity contribution in [1.82, 2.24) is 4.98 Å². The van der Waals surface area contributed by atoms with Crippen LogP contribution in [0.15, 0.2) is 90.1 Å². The predicted molar refractivity (Wildman–Crippen MR) is 283 cm³/mol. The van der Waals surface area contributed by atoms with Crippen molar-refractivity contribution in [2.45, 2.75) is 140 Å². The van der Waals surface area contributed by atoms with E-state index in [-0.39, 0.29) is 37.9 Å². The zero-order valence-electron chi connectivity index (χ0n) is 43.7. The van der Waals surface area contributed by atoms with E-state index >= 15 is 0 Å². The Labute approximate surface area is 426 Å². The van der Waals surface area contributed by atoms with Crippen LogP contribution >= 0.6 is 0 Å². The van der Waals surface area contributed by atoms with Crippen molar-refractivity contribution >= 4 is 28.7 Å². The van der Waals surface area contributed by atoms with Gasteiger partial charge in [-0.3, -0.25) is 0 Å². The molecule has 0 fully saturated rings. The standard InChI is InChI=1S/C63H66N4O.Pt/c1-34-26-45(31-48(27-34)68-47-22-23-51-54(33-47)66(53-21-19-18-20-50(53)62(51,15)16)55-32-46(24-25-64-55)61(12,13)14)60-65-59-49-29-37(4)39(6)43(10)56(49)57-44(11)40(7)38(5)30-52(57)63(59,17)67(60)58-41(8)35(2)28-36(3)42(58)9;/h18-30,32,59H,1-17H3;/q-2;+2/t59-,63+;/m1./s1. The first kappa shape index (κ1) is 48.3. The summed E-state index contributed by atoms with van der Waals surface area (Å²) in [5.74, 6) is 2.99. The molecule has 0 saturated heterocycles. The van der Waals surface area contributed by atoms with Gasteiger partial charge in [0.2, 0.25) is 0 Å². The molecular weight excluding hydrogens is 1020 g/mol. The van der Waals surface area contributed by atoms with Crippen LogP contribution < -0.4 is 14.5 Å². The van der Waals surface area contributed by atoms with E-state index in [0.29, 0.717) is 11.5 Å². The normalized spacial score (nSPS) is 17.6. The van der Waals surface area contributed by atoms with Gasteiger partial charge in [-0.25, -0.2) is 4.98 Å². The van der Waals surface area contributed by atoms with Gasteiger partial charge in [-0.1, -0.05) is 95.8 Å². The van der Waals surface area contributed by atoms with E-state index in [1.165, 1.54) is 94.7 Å². The third-order valence-corrected chi connectivity index (χ3v) is 16.4. The molecule has 0 saturated carbocycles. The maximum atomic E-state index is 6.98. The zero-order chi connectivity index (χ0) is 48.7. The van der Waals surface area contributed by atoms with Crippen molar-refractivity contribution in [3.05, 3.63) is 192 Å². The Morgan fingerprint density at radius 1 is 0.609 bits per heavy atom. The minimum Gasteiger partial charge on any atom is -0.503 e. The molecule has 6 heteroatoms. The van der Waals surface area contributed by atoms with Crippen molar-refractivity contribution in [3.8, 4) is 22.6 Å². The third kappa shape index (κ3) is 7.27. The summed E-state index contributed by atoms with van der Waals surface area (Å²) in [7, 11) is 0. The third-order valence-electron chi connectivity index (χ3n) is 16.4. The maximum Gasteiger partial charge on any atom is 2.00 e. The second-order valence-electron chi connectivity index (χ2n) is 22.0. The van der Waals surface area contributed by atoms with E-state index in [4.69, 9.17) is 14.7 Å². The molecular formula is C63H66N4OPt. The summed E-state index contributed by atoms with van der Waals surface area (Å²) in [5, 5.41) is 0. The monoisotopic (exact) mass is 1090 g/mol. The van der Waals surface area contributed by atoms with Gasteiger partial charge in [0.1, 0.15) is 5.82 Å². The molecule has 3 aliphatic rings. The Morgan fingerprint density at radius 3 is 1.93 bits per heavy atom. The Balaban J connectivity index is 0.00000593. The van der Waals surface area contributed by atoms with Crippen molar-refractivity contribution in [2.75, 3.05) is 9.80 Å². The van der Waals surface area contributed by atoms with Gasteiger partial charge in [-0.15, -0.1) is 34.9 Å². The van der Waals surface area contributed by atoms with Crippen LogP contribution in [0.2, 0.25) is 0 Å². The molecule has 3 heterocycles. The number of rotatable bonds is 5. The van der Waals surface area contributed by atoms with Crippen molar-refractivity contribution in [2.24, 2.45) is 4.99 Å². The Hall–Kier alpha value is -5.77. The molecule has 7 aromatic rings. The second kappa shape index (κ2) is 16.7. The number of hydrogen-bond donors (Lipinski definition) is 0. The van der Waals surface area contributed by atoms with Crippen LogP contribution in [0.1, 0.15) is 142 Å². The molecule has 5 nitrogen and oxygen atoms in total. The number of amidine groups is 1. The van der Waals surface area contributed by atoms with E-state index in [1.807, 2.05) is 6.20 Å². The molecule has 354 valence electrons. The van der Waals surface area contributed by atoms with Crippen LogP contribution in [0.4, 0.5) is 22.9 Å². The van der Waals surface area contributed by atoms with Crippen LogP contribution in [0.3, 0.4) is 0 Å². The van der Waals surface area contributed by atoms with Crippen LogP contribution in [0, 0.1) is 88.3 Å². The number of ether oxygens (including phenoxy) is 1. The van der Waals surface area contributed by atoms with Crippen molar-refractivity contribution < 1.29 is 25.8 Å². The molecule has 2 atom stereocenters. The Bertz CT molecular complexity index is 3310. The van der Waals surface area contributed by atoms with Gasteiger partial charge in [0.25, 0.3) is 0 Å². The number of hydrogen-bond acceptors (Lipinski definition) is 5. The van der Waals surface area contributed by atoms with Gasteiger partial charge in [-0.05, 0) is 194 Å². The fourth-order valence-electron chi connectivity index (χ4n) is 11.7. The molecule has 0 N–H and O–H groups in total. The topological polar surface area (TPSA) is 41.0 Å². The van der Waals surface area contributed by atoms with E-state index in [1.54, 1.807) is 0 Å².